The summed E-state index contributed by atoms with van der Waals surface area (Å²) < 4.78 is 84.3. The van der Waals surface area contributed by atoms with E-state index in [1.165, 1.54) is 14.2 Å². The Morgan fingerprint density at radius 3 is 1.90 bits per heavy atom. The number of carbonyl (C=O) groups excluding carboxylic acids is 1. The highest BCUT2D eigenvalue weighted by atomic mass is 32.5. The number of nitrogens with one attached hydrogen (secondary N) is 2. The van der Waals surface area contributed by atoms with Crippen LogP contribution in [0.15, 0.2) is 101 Å². The van der Waals surface area contributed by atoms with Gasteiger partial charge in [-0.2, -0.15) is 23.7 Å². The largest absolute Gasteiger partial charge is 0.497 e. The topological polar surface area (TPSA) is 196 Å². The number of H-pyrrole nitrogens is 1. The van der Waals surface area contributed by atoms with Gasteiger partial charge in [0.1, 0.15) is 35.3 Å². The third kappa shape index (κ3) is 10.2. The highest BCUT2D eigenvalue weighted by Gasteiger charge is 2.53. The molecule has 1 aromatic heterocycles. The third-order valence-electron chi connectivity index (χ3n) is 8.84. The first-order valence-electron chi connectivity index (χ1n) is 17.4. The predicted octanol–water partition coefficient (Wildman–Crippen LogP) is 4.98. The van der Waals surface area contributed by atoms with Gasteiger partial charge in [0.25, 0.3) is 5.56 Å². The molecule has 0 unspecified atom stereocenters. The van der Waals surface area contributed by atoms with Gasteiger partial charge in [-0.05, 0) is 52.8 Å². The van der Waals surface area contributed by atoms with Crippen LogP contribution in [0.5, 0.6) is 11.5 Å². The zero-order valence-electron chi connectivity index (χ0n) is 30.9. The Balaban J connectivity index is 1.70. The molecule has 1 amide bonds. The van der Waals surface area contributed by atoms with Crippen LogP contribution in [-0.2, 0) is 45.2 Å². The summed E-state index contributed by atoms with van der Waals surface area (Å²) in [4.78, 5) is 39.9. The molecule has 5 rings (SSSR count). The van der Waals surface area contributed by atoms with Crippen molar-refractivity contribution in [1.82, 2.24) is 14.9 Å². The van der Waals surface area contributed by atoms with Crippen LogP contribution in [0, 0.1) is 22.7 Å². The van der Waals surface area contributed by atoms with Crippen LogP contribution in [0.4, 0.5) is 13.2 Å². The van der Waals surface area contributed by atoms with Crippen LogP contribution in [0.3, 0.4) is 0 Å². The summed E-state index contributed by atoms with van der Waals surface area (Å²) in [6.07, 6.45) is -9.81. The molecule has 15 nitrogen and oxygen atoms in total. The number of hydrogen-bond acceptors (Lipinski definition) is 13. The van der Waals surface area contributed by atoms with Crippen molar-refractivity contribution in [2.24, 2.45) is 0 Å². The van der Waals surface area contributed by atoms with Gasteiger partial charge in [-0.1, -0.05) is 54.6 Å². The lowest BCUT2D eigenvalue weighted by atomic mass is 9.80. The molecule has 0 spiro atoms. The number of aromatic amines is 1. The maximum Gasteiger partial charge on any atom is 0.471 e. The van der Waals surface area contributed by atoms with Crippen LogP contribution in [0.1, 0.15) is 35.8 Å². The molecular formula is C38H37F3N5O10PS. The first-order chi connectivity index (χ1) is 27.8. The Morgan fingerprint density at radius 2 is 1.41 bits per heavy atom. The van der Waals surface area contributed by atoms with E-state index in [2.05, 4.69) is 0 Å². The fourth-order valence-corrected chi connectivity index (χ4v) is 8.33. The van der Waals surface area contributed by atoms with Crippen LogP contribution >= 0.6 is 6.72 Å². The predicted molar refractivity (Wildman–Crippen MR) is 203 cm³/mol. The van der Waals surface area contributed by atoms with Gasteiger partial charge in [0, 0.05) is 12.3 Å². The van der Waals surface area contributed by atoms with E-state index in [0.29, 0.717) is 28.2 Å². The summed E-state index contributed by atoms with van der Waals surface area (Å²) in [5.74, 6) is -1.36. The van der Waals surface area contributed by atoms with Crippen molar-refractivity contribution in [2.45, 2.75) is 49.1 Å². The second-order valence-electron chi connectivity index (χ2n) is 12.4. The van der Waals surface area contributed by atoms with Gasteiger partial charge in [-0.15, -0.1) is 0 Å². The Labute approximate surface area is 335 Å². The summed E-state index contributed by atoms with van der Waals surface area (Å²) in [6, 6.07) is 25.7. The van der Waals surface area contributed by atoms with Crippen molar-refractivity contribution < 1.29 is 50.5 Å². The van der Waals surface area contributed by atoms with Crippen molar-refractivity contribution in [3.63, 3.8) is 0 Å². The number of alkyl halides is 3. The SMILES string of the molecule is COc1ccc(C(OC[C@H]2O[C@@H](n3ccc(=O)[nH]c3=O)[C@H](NC(=O)C(F)(F)F)[C@@H]2OP(=S)(OCCC#N)OCCC#N)(c2ccccc2)c2ccc(OC)cc2)cc1. The first-order valence-corrected chi connectivity index (χ1v) is 20.0. The maximum absolute atomic E-state index is 13.9. The standard InChI is InChI=1S/C38H37F3N5O10PS/c1-50-28-14-10-26(11-15-28)37(25-8-4-3-5-9-25,27-12-16-29(51-2)17-13-27)52-24-30-33(56-57(58,53-22-6-19-42)54-23-7-20-43)32(45-35(48)38(39,40)41)34(55-30)46-21-18-31(47)44-36(46)49/h3-5,8-18,21,30,32-34H,6-7,22-24H2,1-2H3,(H,45,48)(H,44,47,49)/t30-,32-,33-,34-/m1/s1. The van der Waals surface area contributed by atoms with Gasteiger partial charge < -0.3 is 37.8 Å². The molecule has 0 saturated carbocycles. The molecule has 0 aliphatic carbocycles. The van der Waals surface area contributed by atoms with Crippen LogP contribution in [0.25, 0.3) is 0 Å². The Morgan fingerprint density at radius 1 is 0.879 bits per heavy atom. The summed E-state index contributed by atoms with van der Waals surface area (Å²) in [5.41, 5.74) is -1.67. The average Bonchev–Trinajstić information content (AvgIpc) is 3.53. The molecule has 4 aromatic rings. The smallest absolute Gasteiger partial charge is 0.471 e. The van der Waals surface area contributed by atoms with Crippen molar-refractivity contribution >= 4 is 24.4 Å². The lowest BCUT2D eigenvalue weighted by molar-refractivity contribution is -0.175. The quantitative estimate of drug-likeness (QED) is 0.0775. The Hall–Kier alpha value is -5.37. The van der Waals surface area contributed by atoms with Gasteiger partial charge in [0.15, 0.2) is 6.23 Å². The number of rotatable bonds is 18. The number of methoxy groups -OCH3 is 2. The van der Waals surface area contributed by atoms with E-state index in [1.807, 2.05) is 22.4 Å². The zero-order valence-corrected chi connectivity index (χ0v) is 32.6. The van der Waals surface area contributed by atoms with Crippen molar-refractivity contribution in [1.29, 1.82) is 10.5 Å². The summed E-state index contributed by atoms with van der Waals surface area (Å²) in [6.45, 7) is -5.28. The lowest BCUT2D eigenvalue weighted by Gasteiger charge is -2.37. The van der Waals surface area contributed by atoms with E-state index in [9.17, 15) is 38.1 Å². The molecule has 1 saturated heterocycles. The number of amides is 1. The monoisotopic (exact) mass is 843 g/mol. The molecule has 58 heavy (non-hydrogen) atoms. The second-order valence-corrected chi connectivity index (χ2v) is 15.4. The van der Waals surface area contributed by atoms with Gasteiger partial charge in [0.05, 0.1) is 59.0 Å². The number of aromatic nitrogens is 2. The molecule has 1 fully saturated rings. The van der Waals surface area contributed by atoms with Gasteiger partial charge in [-0.3, -0.25) is 19.1 Å². The first kappa shape index (κ1) is 43.7. The second kappa shape index (κ2) is 19.4. The van der Waals surface area contributed by atoms with Crippen molar-refractivity contribution in [3.8, 4) is 23.6 Å². The van der Waals surface area contributed by atoms with Crippen molar-refractivity contribution in [2.75, 3.05) is 34.0 Å². The number of benzene rings is 3. The number of hydrogen-bond donors (Lipinski definition) is 2. The minimum atomic E-state index is -5.42. The molecule has 0 bridgehead atoms. The fraction of sp³-hybridized carbons (Fsp3) is 0.342. The van der Waals surface area contributed by atoms with Gasteiger partial charge >= 0.3 is 24.5 Å². The molecule has 3 aromatic carbocycles. The van der Waals surface area contributed by atoms with Crippen LogP contribution in [-0.4, -0.2) is 73.9 Å². The maximum atomic E-state index is 13.9. The van der Waals surface area contributed by atoms with Crippen LogP contribution in [0.2, 0.25) is 0 Å². The summed E-state index contributed by atoms with van der Waals surface area (Å²) in [7, 11) is 3.01. The summed E-state index contributed by atoms with van der Waals surface area (Å²) >= 11 is 5.65. The number of carbonyl (C=O) groups is 1. The molecule has 1 aliphatic heterocycles. The molecule has 4 atom stereocenters. The number of nitrogens with zero attached hydrogens (tertiary/aromatic N) is 3. The molecule has 306 valence electrons. The molecular weight excluding hydrogens is 806 g/mol. The Kier molecular flexibility index (Phi) is 14.6. The van der Waals surface area contributed by atoms with E-state index < -0.39 is 66.7 Å². The van der Waals surface area contributed by atoms with Crippen LogP contribution < -0.4 is 26.0 Å². The molecule has 1 aliphatic rings. The fourth-order valence-electron chi connectivity index (χ4n) is 6.19. The highest BCUT2D eigenvalue weighted by molar-refractivity contribution is 8.07. The molecule has 0 radical (unpaired) electrons. The highest BCUT2D eigenvalue weighted by Crippen LogP contribution is 2.54. The normalized spacial score (nSPS) is 18.2. The minimum Gasteiger partial charge on any atom is -0.497 e. The molecule has 2 N–H and O–H groups in total. The van der Waals surface area contributed by atoms with Gasteiger partial charge in [0.2, 0.25) is 0 Å². The average molecular weight is 844 g/mol. The van der Waals surface area contributed by atoms with E-state index in [4.69, 9.17) is 44.3 Å². The Bertz CT molecular complexity index is 2190. The number of nitriles is 2. The zero-order chi connectivity index (χ0) is 41.9. The third-order valence-corrected chi connectivity index (χ3v) is 11.2. The van der Waals surface area contributed by atoms with E-state index in [-0.39, 0.29) is 26.1 Å². The number of halogens is 3. The lowest BCUT2D eigenvalue weighted by Crippen LogP contribution is -2.52. The van der Waals surface area contributed by atoms with Crippen molar-refractivity contribution in [3.05, 3.63) is 129 Å². The minimum absolute atomic E-state index is 0.190. The number of ether oxygens (including phenoxy) is 4. The van der Waals surface area contributed by atoms with E-state index in [1.54, 1.807) is 78.9 Å². The summed E-state index contributed by atoms with van der Waals surface area (Å²) in [5, 5.41) is 20.2. The van der Waals surface area contributed by atoms with E-state index in [0.717, 1.165) is 16.8 Å². The van der Waals surface area contributed by atoms with Gasteiger partial charge in [-0.25, -0.2) is 4.79 Å². The molecule has 2 heterocycles. The van der Waals surface area contributed by atoms with E-state index >= 15 is 0 Å². The molecule has 20 heteroatoms.